The van der Waals surface area contributed by atoms with Gasteiger partial charge in [-0.2, -0.15) is 5.10 Å². The van der Waals surface area contributed by atoms with E-state index >= 15 is 0 Å². The predicted molar refractivity (Wildman–Crippen MR) is 73.1 cm³/mol. The van der Waals surface area contributed by atoms with Crippen molar-refractivity contribution in [3.05, 3.63) is 47.3 Å². The van der Waals surface area contributed by atoms with E-state index in [9.17, 15) is 0 Å². The molecule has 0 aliphatic rings. The highest BCUT2D eigenvalue weighted by molar-refractivity contribution is 5.27. The third kappa shape index (κ3) is 2.73. The second kappa shape index (κ2) is 5.25. The third-order valence-corrected chi connectivity index (χ3v) is 3.03. The molecule has 2 rings (SSSR count). The van der Waals surface area contributed by atoms with Crippen LogP contribution in [0.2, 0.25) is 0 Å². The SMILES string of the molecule is COc1ccc(Cn2cc(C)c(C(C)C)n2)cc1. The molecule has 0 saturated heterocycles. The van der Waals surface area contributed by atoms with Gasteiger partial charge in [0.2, 0.25) is 0 Å². The van der Waals surface area contributed by atoms with E-state index in [1.54, 1.807) is 7.11 Å². The fourth-order valence-electron chi connectivity index (χ4n) is 2.11. The van der Waals surface area contributed by atoms with E-state index in [0.29, 0.717) is 5.92 Å². The largest absolute Gasteiger partial charge is 0.497 e. The van der Waals surface area contributed by atoms with Crippen LogP contribution in [0.25, 0.3) is 0 Å². The van der Waals surface area contributed by atoms with Gasteiger partial charge >= 0.3 is 0 Å². The fourth-order valence-corrected chi connectivity index (χ4v) is 2.11. The van der Waals surface area contributed by atoms with Crippen LogP contribution in [0.3, 0.4) is 0 Å². The lowest BCUT2D eigenvalue weighted by molar-refractivity contribution is 0.414. The Kier molecular flexibility index (Phi) is 3.70. The maximum absolute atomic E-state index is 5.15. The van der Waals surface area contributed by atoms with Crippen LogP contribution in [-0.4, -0.2) is 16.9 Å². The van der Waals surface area contributed by atoms with Crippen LogP contribution < -0.4 is 4.74 Å². The maximum atomic E-state index is 5.15. The van der Waals surface area contributed by atoms with Gasteiger partial charge in [0.05, 0.1) is 19.3 Å². The Labute approximate surface area is 108 Å². The Morgan fingerprint density at radius 3 is 2.39 bits per heavy atom. The average Bonchev–Trinajstić information content (AvgIpc) is 2.71. The zero-order valence-corrected chi connectivity index (χ0v) is 11.5. The molecule has 0 N–H and O–H groups in total. The molecule has 2 aromatic rings. The number of benzene rings is 1. The smallest absolute Gasteiger partial charge is 0.118 e. The molecule has 1 aromatic heterocycles. The highest BCUT2D eigenvalue weighted by Crippen LogP contribution is 2.18. The van der Waals surface area contributed by atoms with E-state index in [4.69, 9.17) is 4.74 Å². The molecule has 0 atom stereocenters. The molecule has 0 radical (unpaired) electrons. The zero-order valence-electron chi connectivity index (χ0n) is 11.5. The van der Waals surface area contributed by atoms with Crippen molar-refractivity contribution in [2.45, 2.75) is 33.2 Å². The Morgan fingerprint density at radius 2 is 1.89 bits per heavy atom. The van der Waals surface area contributed by atoms with Crippen molar-refractivity contribution in [1.29, 1.82) is 0 Å². The predicted octanol–water partition coefficient (Wildman–Crippen LogP) is 3.37. The van der Waals surface area contributed by atoms with E-state index in [1.807, 2.05) is 16.8 Å². The maximum Gasteiger partial charge on any atom is 0.118 e. The second-order valence-electron chi connectivity index (χ2n) is 4.90. The summed E-state index contributed by atoms with van der Waals surface area (Å²) in [5.41, 5.74) is 3.68. The topological polar surface area (TPSA) is 27.1 Å². The van der Waals surface area contributed by atoms with Gasteiger partial charge in [-0.05, 0) is 36.1 Å². The number of hydrogen-bond donors (Lipinski definition) is 0. The molecule has 1 heterocycles. The van der Waals surface area contributed by atoms with Crippen LogP contribution in [0, 0.1) is 6.92 Å². The van der Waals surface area contributed by atoms with Crippen molar-refractivity contribution in [3.8, 4) is 5.75 Å². The third-order valence-electron chi connectivity index (χ3n) is 3.03. The van der Waals surface area contributed by atoms with Crippen molar-refractivity contribution in [3.63, 3.8) is 0 Å². The Hall–Kier alpha value is -1.77. The molecule has 0 unspecified atom stereocenters. The molecule has 0 bridgehead atoms. The molecule has 0 aliphatic heterocycles. The molecule has 18 heavy (non-hydrogen) atoms. The minimum atomic E-state index is 0.474. The first-order valence-electron chi connectivity index (χ1n) is 6.27. The van der Waals surface area contributed by atoms with Crippen molar-refractivity contribution < 1.29 is 4.74 Å². The number of hydrogen-bond acceptors (Lipinski definition) is 2. The highest BCUT2D eigenvalue weighted by atomic mass is 16.5. The molecule has 0 saturated carbocycles. The van der Waals surface area contributed by atoms with E-state index in [-0.39, 0.29) is 0 Å². The van der Waals surface area contributed by atoms with Crippen molar-refractivity contribution in [2.75, 3.05) is 7.11 Å². The van der Waals surface area contributed by atoms with Gasteiger partial charge in [0.25, 0.3) is 0 Å². The first-order valence-corrected chi connectivity index (χ1v) is 6.27. The highest BCUT2D eigenvalue weighted by Gasteiger charge is 2.08. The van der Waals surface area contributed by atoms with Gasteiger partial charge in [0, 0.05) is 6.20 Å². The normalized spacial score (nSPS) is 10.9. The van der Waals surface area contributed by atoms with Crippen molar-refractivity contribution in [1.82, 2.24) is 9.78 Å². The van der Waals surface area contributed by atoms with Gasteiger partial charge in [0.15, 0.2) is 0 Å². The zero-order chi connectivity index (χ0) is 13.1. The minimum absolute atomic E-state index is 0.474. The minimum Gasteiger partial charge on any atom is -0.497 e. The van der Waals surface area contributed by atoms with E-state index < -0.39 is 0 Å². The van der Waals surface area contributed by atoms with Gasteiger partial charge in [0.1, 0.15) is 5.75 Å². The van der Waals surface area contributed by atoms with E-state index in [1.165, 1.54) is 16.8 Å². The quantitative estimate of drug-likeness (QED) is 0.824. The van der Waals surface area contributed by atoms with Crippen molar-refractivity contribution >= 4 is 0 Å². The average molecular weight is 244 g/mol. The molecule has 3 heteroatoms. The lowest BCUT2D eigenvalue weighted by atomic mass is 10.1. The number of aromatic nitrogens is 2. The summed E-state index contributed by atoms with van der Waals surface area (Å²) in [5, 5.41) is 4.63. The first kappa shape index (κ1) is 12.7. The monoisotopic (exact) mass is 244 g/mol. The van der Waals surface area contributed by atoms with Crippen LogP contribution in [0.5, 0.6) is 5.75 Å². The number of ether oxygens (including phenoxy) is 1. The number of nitrogens with zero attached hydrogens (tertiary/aromatic N) is 2. The van der Waals surface area contributed by atoms with Crippen LogP contribution in [0.4, 0.5) is 0 Å². The summed E-state index contributed by atoms with van der Waals surface area (Å²) in [5.74, 6) is 1.36. The van der Waals surface area contributed by atoms with Crippen LogP contribution in [0.15, 0.2) is 30.5 Å². The lowest BCUT2D eigenvalue weighted by Gasteiger charge is -2.04. The summed E-state index contributed by atoms with van der Waals surface area (Å²) < 4.78 is 7.16. The van der Waals surface area contributed by atoms with Gasteiger partial charge < -0.3 is 4.74 Å². The van der Waals surface area contributed by atoms with Crippen LogP contribution >= 0.6 is 0 Å². The molecule has 1 aromatic carbocycles. The summed E-state index contributed by atoms with van der Waals surface area (Å²) >= 11 is 0. The fraction of sp³-hybridized carbons (Fsp3) is 0.400. The second-order valence-corrected chi connectivity index (χ2v) is 4.90. The number of aryl methyl sites for hydroxylation is 1. The summed E-state index contributed by atoms with van der Waals surface area (Å²) in [6.07, 6.45) is 2.11. The van der Waals surface area contributed by atoms with E-state index in [2.05, 4.69) is 44.2 Å². The molecule has 0 spiro atoms. The molecule has 3 nitrogen and oxygen atoms in total. The molecule has 0 fully saturated rings. The molecule has 96 valence electrons. The van der Waals surface area contributed by atoms with Crippen LogP contribution in [-0.2, 0) is 6.54 Å². The van der Waals surface area contributed by atoms with Gasteiger partial charge in [-0.15, -0.1) is 0 Å². The lowest BCUT2D eigenvalue weighted by Crippen LogP contribution is -2.01. The van der Waals surface area contributed by atoms with Gasteiger partial charge in [-0.1, -0.05) is 26.0 Å². The molecular formula is C15H20N2O. The van der Waals surface area contributed by atoms with Crippen molar-refractivity contribution in [2.24, 2.45) is 0 Å². The summed E-state index contributed by atoms with van der Waals surface area (Å²) in [4.78, 5) is 0. The molecular weight excluding hydrogens is 224 g/mol. The Morgan fingerprint density at radius 1 is 1.22 bits per heavy atom. The van der Waals surface area contributed by atoms with Gasteiger partial charge in [-0.3, -0.25) is 4.68 Å². The summed E-state index contributed by atoms with van der Waals surface area (Å²) in [6.45, 7) is 7.27. The standard InChI is InChI=1S/C15H20N2O/c1-11(2)15-12(3)9-17(16-15)10-13-5-7-14(18-4)8-6-13/h5-9,11H,10H2,1-4H3. The summed E-state index contributed by atoms with van der Waals surface area (Å²) in [6, 6.07) is 8.11. The number of methoxy groups -OCH3 is 1. The Bertz CT molecular complexity index is 512. The number of rotatable bonds is 4. The van der Waals surface area contributed by atoms with E-state index in [0.717, 1.165) is 12.3 Å². The van der Waals surface area contributed by atoms with Gasteiger partial charge in [-0.25, -0.2) is 0 Å². The molecule has 0 amide bonds. The van der Waals surface area contributed by atoms with Crippen LogP contribution in [0.1, 0.15) is 36.6 Å². The first-order chi connectivity index (χ1) is 8.60. The summed E-state index contributed by atoms with van der Waals surface area (Å²) in [7, 11) is 1.68. The molecule has 0 aliphatic carbocycles. The Balaban J connectivity index is 2.15.